The van der Waals surface area contributed by atoms with E-state index in [-0.39, 0.29) is 11.5 Å². The van der Waals surface area contributed by atoms with Gasteiger partial charge in [0.25, 0.3) is 0 Å². The molecule has 4 rings (SSSR count). The molecule has 0 aliphatic carbocycles. The number of hydrogen-bond donors (Lipinski definition) is 1. The predicted molar refractivity (Wildman–Crippen MR) is 99.5 cm³/mol. The van der Waals surface area contributed by atoms with Crippen molar-refractivity contribution in [1.82, 2.24) is 15.0 Å². The summed E-state index contributed by atoms with van der Waals surface area (Å²) in [7, 11) is -3.76. The Balaban J connectivity index is 1.54. The largest absolute Gasteiger partial charge is 0.486 e. The Morgan fingerprint density at radius 2 is 1.86 bits per heavy atom. The van der Waals surface area contributed by atoms with Gasteiger partial charge in [-0.05, 0) is 36.4 Å². The molecule has 9 nitrogen and oxygen atoms in total. The van der Waals surface area contributed by atoms with Gasteiger partial charge < -0.3 is 9.15 Å². The van der Waals surface area contributed by atoms with E-state index in [1.54, 1.807) is 36.5 Å². The van der Waals surface area contributed by atoms with Gasteiger partial charge in [-0.25, -0.2) is 23.0 Å². The highest BCUT2D eigenvalue weighted by atomic mass is 32.2. The molecular formula is C18H14N4O5S. The zero-order chi connectivity index (χ0) is 19.7. The molecule has 28 heavy (non-hydrogen) atoms. The Morgan fingerprint density at radius 3 is 2.61 bits per heavy atom. The lowest BCUT2D eigenvalue weighted by molar-refractivity contribution is 0.302. The second kappa shape index (κ2) is 6.91. The first-order valence-corrected chi connectivity index (χ1v) is 9.65. The highest BCUT2D eigenvalue weighted by molar-refractivity contribution is 7.89. The van der Waals surface area contributed by atoms with Crippen molar-refractivity contribution in [2.24, 2.45) is 5.14 Å². The van der Waals surface area contributed by atoms with Crippen molar-refractivity contribution < 1.29 is 17.6 Å². The number of para-hydroxylation sites is 1. The third-order valence-electron chi connectivity index (χ3n) is 3.96. The average molecular weight is 398 g/mol. The Labute approximate surface area is 159 Å². The van der Waals surface area contributed by atoms with Gasteiger partial charge >= 0.3 is 5.63 Å². The second-order valence-corrected chi connectivity index (χ2v) is 7.47. The maximum atomic E-state index is 11.7. The number of nitrogens with zero attached hydrogens (tertiary/aromatic N) is 3. The smallest absolute Gasteiger partial charge is 0.339 e. The summed E-state index contributed by atoms with van der Waals surface area (Å²) in [5, 5.41) is 13.8. The van der Waals surface area contributed by atoms with Gasteiger partial charge in [0, 0.05) is 0 Å². The van der Waals surface area contributed by atoms with Crippen LogP contribution in [0.2, 0.25) is 0 Å². The van der Waals surface area contributed by atoms with Gasteiger partial charge in [0.15, 0.2) is 0 Å². The van der Waals surface area contributed by atoms with Crippen molar-refractivity contribution in [2.75, 3.05) is 0 Å². The van der Waals surface area contributed by atoms with Crippen LogP contribution in [0.5, 0.6) is 5.75 Å². The lowest BCUT2D eigenvalue weighted by Gasteiger charge is -2.06. The number of primary sulfonamides is 1. The van der Waals surface area contributed by atoms with Crippen LogP contribution in [0, 0.1) is 0 Å². The van der Waals surface area contributed by atoms with E-state index in [9.17, 15) is 13.2 Å². The van der Waals surface area contributed by atoms with Crippen LogP contribution in [0.1, 0.15) is 5.69 Å². The summed E-state index contributed by atoms with van der Waals surface area (Å²) in [5.41, 5.74) is 1.06. The number of ether oxygens (including phenoxy) is 1. The summed E-state index contributed by atoms with van der Waals surface area (Å²) in [6.07, 6.45) is 1.64. The summed E-state index contributed by atoms with van der Waals surface area (Å²) in [5.74, 6) is 0.388. The van der Waals surface area contributed by atoms with Gasteiger partial charge in [0.1, 0.15) is 23.6 Å². The molecule has 0 bridgehead atoms. The lowest BCUT2D eigenvalue weighted by Crippen LogP contribution is -2.12. The third-order valence-corrected chi connectivity index (χ3v) is 4.89. The van der Waals surface area contributed by atoms with Crippen molar-refractivity contribution >= 4 is 21.0 Å². The SMILES string of the molecule is NS(=O)(=O)c1ccc(-n2cc(COc3cc(=O)oc4ccccc34)nn2)cc1. The van der Waals surface area contributed by atoms with Crippen LogP contribution >= 0.6 is 0 Å². The van der Waals surface area contributed by atoms with Crippen molar-refractivity contribution in [3.05, 3.63) is 76.9 Å². The number of hydrogen-bond acceptors (Lipinski definition) is 7. The Kier molecular flexibility index (Phi) is 4.41. The number of aromatic nitrogens is 3. The number of benzene rings is 2. The van der Waals surface area contributed by atoms with E-state index >= 15 is 0 Å². The molecule has 0 unspecified atom stereocenters. The molecule has 0 aliphatic rings. The number of fused-ring (bicyclic) bond motifs is 1. The van der Waals surface area contributed by atoms with E-state index in [2.05, 4.69) is 10.3 Å². The molecule has 0 fully saturated rings. The monoisotopic (exact) mass is 398 g/mol. The fourth-order valence-electron chi connectivity index (χ4n) is 2.63. The minimum absolute atomic E-state index is 0.00899. The summed E-state index contributed by atoms with van der Waals surface area (Å²) < 4.78 is 35.0. The number of rotatable bonds is 5. The third kappa shape index (κ3) is 3.63. The fourth-order valence-corrected chi connectivity index (χ4v) is 3.15. The zero-order valence-corrected chi connectivity index (χ0v) is 15.2. The molecule has 0 spiro atoms. The first-order valence-electron chi connectivity index (χ1n) is 8.10. The van der Waals surface area contributed by atoms with Crippen LogP contribution in [0.3, 0.4) is 0 Å². The van der Waals surface area contributed by atoms with E-state index in [1.807, 2.05) is 6.07 Å². The minimum atomic E-state index is -3.76. The molecule has 142 valence electrons. The van der Waals surface area contributed by atoms with Gasteiger partial charge in [-0.3, -0.25) is 0 Å². The number of sulfonamides is 1. The van der Waals surface area contributed by atoms with E-state index < -0.39 is 15.6 Å². The Bertz CT molecular complexity index is 1310. The van der Waals surface area contributed by atoms with Gasteiger partial charge in [-0.1, -0.05) is 17.3 Å². The van der Waals surface area contributed by atoms with Gasteiger partial charge in [0.2, 0.25) is 10.0 Å². The van der Waals surface area contributed by atoms with Crippen molar-refractivity contribution in [2.45, 2.75) is 11.5 Å². The van der Waals surface area contributed by atoms with Crippen molar-refractivity contribution in [3.63, 3.8) is 0 Å². The molecule has 0 amide bonds. The normalized spacial score (nSPS) is 11.6. The lowest BCUT2D eigenvalue weighted by atomic mass is 10.2. The molecule has 2 heterocycles. The Hall–Kier alpha value is -3.50. The van der Waals surface area contributed by atoms with Gasteiger partial charge in [-0.2, -0.15) is 0 Å². The summed E-state index contributed by atoms with van der Waals surface area (Å²) in [6, 6.07) is 14.2. The van der Waals surface area contributed by atoms with Crippen LogP contribution in [0.4, 0.5) is 0 Å². The average Bonchev–Trinajstić information content (AvgIpc) is 3.14. The zero-order valence-electron chi connectivity index (χ0n) is 14.3. The first kappa shape index (κ1) is 17.9. The van der Waals surface area contributed by atoms with Crippen LogP contribution in [0.25, 0.3) is 16.7 Å². The fraction of sp³-hybridized carbons (Fsp3) is 0.0556. The van der Waals surface area contributed by atoms with Crippen molar-refractivity contribution in [1.29, 1.82) is 0 Å². The van der Waals surface area contributed by atoms with Crippen LogP contribution < -0.4 is 15.5 Å². The molecule has 2 aromatic heterocycles. The highest BCUT2D eigenvalue weighted by Crippen LogP contribution is 2.24. The molecule has 10 heteroatoms. The van der Waals surface area contributed by atoms with Crippen LogP contribution in [0.15, 0.2) is 74.9 Å². The molecule has 0 radical (unpaired) electrons. The molecule has 0 saturated heterocycles. The summed E-state index contributed by atoms with van der Waals surface area (Å²) >= 11 is 0. The van der Waals surface area contributed by atoms with Gasteiger partial charge in [-0.15, -0.1) is 5.10 Å². The van der Waals surface area contributed by atoms with E-state index in [1.165, 1.54) is 22.9 Å². The topological polar surface area (TPSA) is 130 Å². The van der Waals surface area contributed by atoms with Crippen LogP contribution in [-0.2, 0) is 16.6 Å². The standard InChI is InChI=1S/C18H14N4O5S/c19-28(24,25)14-7-5-13(6-8-14)22-10-12(20-21-22)11-26-17-9-18(23)27-16-4-2-1-3-15(16)17/h1-10H,11H2,(H2,19,24,25). The first-order chi connectivity index (χ1) is 13.4. The molecule has 0 saturated carbocycles. The Morgan fingerprint density at radius 1 is 1.11 bits per heavy atom. The maximum absolute atomic E-state index is 11.7. The maximum Gasteiger partial charge on any atom is 0.339 e. The van der Waals surface area contributed by atoms with E-state index in [0.29, 0.717) is 28.1 Å². The van der Waals surface area contributed by atoms with E-state index in [4.69, 9.17) is 14.3 Å². The molecule has 2 N–H and O–H groups in total. The predicted octanol–water partition coefficient (Wildman–Crippen LogP) is 1.60. The summed E-state index contributed by atoms with van der Waals surface area (Å²) in [4.78, 5) is 11.7. The van der Waals surface area contributed by atoms with Crippen molar-refractivity contribution in [3.8, 4) is 11.4 Å². The number of nitrogens with two attached hydrogens (primary N) is 1. The van der Waals surface area contributed by atoms with E-state index in [0.717, 1.165) is 0 Å². The second-order valence-electron chi connectivity index (χ2n) is 5.91. The van der Waals surface area contributed by atoms with Gasteiger partial charge in [0.05, 0.1) is 28.2 Å². The summed E-state index contributed by atoms with van der Waals surface area (Å²) in [6.45, 7) is 0.0860. The quantitative estimate of drug-likeness (QED) is 0.505. The molecule has 0 aliphatic heterocycles. The molecule has 0 atom stereocenters. The molecule has 4 aromatic rings. The minimum Gasteiger partial charge on any atom is -0.486 e. The van der Waals surface area contributed by atoms with Crippen LogP contribution in [-0.4, -0.2) is 23.4 Å². The molecular weight excluding hydrogens is 384 g/mol. The molecule has 2 aromatic carbocycles. The highest BCUT2D eigenvalue weighted by Gasteiger charge is 2.10.